The highest BCUT2D eigenvalue weighted by atomic mass is 19.2. The molecule has 0 bridgehead atoms. The van der Waals surface area contributed by atoms with E-state index in [9.17, 15) is 13.2 Å². The smallest absolute Gasteiger partial charge is 0.194 e. The minimum atomic E-state index is -1.36. The van der Waals surface area contributed by atoms with Crippen LogP contribution in [-0.2, 0) is 6.42 Å². The lowest BCUT2D eigenvalue weighted by Gasteiger charge is -2.38. The lowest BCUT2D eigenvalue weighted by molar-refractivity contribution is 0.139. The molecule has 1 unspecified atom stereocenters. The van der Waals surface area contributed by atoms with Gasteiger partial charge in [0.1, 0.15) is 0 Å². The molecule has 0 aliphatic heterocycles. The van der Waals surface area contributed by atoms with Crippen molar-refractivity contribution in [2.75, 3.05) is 0 Å². The predicted octanol–water partition coefficient (Wildman–Crippen LogP) is 8.84. The van der Waals surface area contributed by atoms with Crippen LogP contribution in [0, 0.1) is 41.1 Å². The highest BCUT2D eigenvalue weighted by Gasteiger charge is 2.31. The predicted molar refractivity (Wildman–Crippen MR) is 125 cm³/mol. The second kappa shape index (κ2) is 10.9. The zero-order chi connectivity index (χ0) is 22.5. The standard InChI is InChI=1S/C29H37F3/c1-20(24-5-3-2-4-6-24)17-22-11-15-26(16-12-22)25-13-9-21(10-14-25)7-8-23-18-27(30)29(32)28(31)19-23/h2-6,18-22,25-26H,7-17H2,1H3. The van der Waals surface area contributed by atoms with Gasteiger partial charge in [0.2, 0.25) is 0 Å². The van der Waals surface area contributed by atoms with Gasteiger partial charge in [0.05, 0.1) is 0 Å². The first-order valence-electron chi connectivity index (χ1n) is 12.7. The molecule has 4 rings (SSSR count). The Bertz CT molecular complexity index is 823. The van der Waals surface area contributed by atoms with E-state index in [-0.39, 0.29) is 0 Å². The molecule has 2 saturated carbocycles. The van der Waals surface area contributed by atoms with Gasteiger partial charge < -0.3 is 0 Å². The quantitative estimate of drug-likeness (QED) is 0.376. The van der Waals surface area contributed by atoms with Crippen molar-refractivity contribution in [1.82, 2.24) is 0 Å². The van der Waals surface area contributed by atoms with E-state index < -0.39 is 17.5 Å². The Kier molecular flexibility index (Phi) is 7.97. The first-order chi connectivity index (χ1) is 15.5. The van der Waals surface area contributed by atoms with Crippen molar-refractivity contribution >= 4 is 0 Å². The van der Waals surface area contributed by atoms with Crippen molar-refractivity contribution in [3.8, 4) is 0 Å². The molecule has 2 aromatic carbocycles. The summed E-state index contributed by atoms with van der Waals surface area (Å²) in [5, 5.41) is 0. The van der Waals surface area contributed by atoms with E-state index >= 15 is 0 Å². The number of hydrogen-bond donors (Lipinski definition) is 0. The van der Waals surface area contributed by atoms with Crippen molar-refractivity contribution < 1.29 is 13.2 Å². The molecule has 174 valence electrons. The lowest BCUT2D eigenvalue weighted by Crippen LogP contribution is -2.26. The molecule has 2 fully saturated rings. The third kappa shape index (κ3) is 5.97. The summed E-state index contributed by atoms with van der Waals surface area (Å²) in [6.07, 6.45) is 13.5. The van der Waals surface area contributed by atoms with Crippen molar-refractivity contribution in [1.29, 1.82) is 0 Å². The molecule has 0 N–H and O–H groups in total. The lowest BCUT2D eigenvalue weighted by atomic mass is 9.67. The number of aryl methyl sites for hydroxylation is 1. The normalized spacial score (nSPS) is 27.2. The summed E-state index contributed by atoms with van der Waals surface area (Å²) in [6, 6.07) is 13.2. The van der Waals surface area contributed by atoms with Gasteiger partial charge in [-0.1, -0.05) is 62.9 Å². The van der Waals surface area contributed by atoms with Crippen LogP contribution >= 0.6 is 0 Å². The largest absolute Gasteiger partial charge is 0.204 e. The Balaban J connectivity index is 1.17. The zero-order valence-electron chi connectivity index (χ0n) is 19.3. The molecule has 0 radical (unpaired) electrons. The maximum absolute atomic E-state index is 13.4. The fourth-order valence-electron chi connectivity index (χ4n) is 6.38. The Hall–Kier alpha value is -1.77. The van der Waals surface area contributed by atoms with Gasteiger partial charge in [-0.25, -0.2) is 13.2 Å². The molecule has 2 aliphatic carbocycles. The Labute approximate surface area is 191 Å². The molecular formula is C29H37F3. The van der Waals surface area contributed by atoms with Crippen LogP contribution in [0.25, 0.3) is 0 Å². The van der Waals surface area contributed by atoms with Crippen LogP contribution in [0.2, 0.25) is 0 Å². The highest BCUT2D eigenvalue weighted by Crippen LogP contribution is 2.44. The van der Waals surface area contributed by atoms with Crippen LogP contribution in [0.1, 0.15) is 88.2 Å². The van der Waals surface area contributed by atoms with Crippen LogP contribution in [0.3, 0.4) is 0 Å². The molecule has 2 aromatic rings. The number of hydrogen-bond acceptors (Lipinski definition) is 0. The van der Waals surface area contributed by atoms with Crippen molar-refractivity contribution in [2.24, 2.45) is 23.7 Å². The SMILES string of the molecule is CC(CC1CCC(C2CCC(CCc3cc(F)c(F)c(F)c3)CC2)CC1)c1ccccc1. The highest BCUT2D eigenvalue weighted by molar-refractivity contribution is 5.20. The van der Waals surface area contributed by atoms with Gasteiger partial charge in [-0.2, -0.15) is 0 Å². The molecule has 0 spiro atoms. The monoisotopic (exact) mass is 442 g/mol. The maximum atomic E-state index is 13.4. The van der Waals surface area contributed by atoms with E-state index in [2.05, 4.69) is 37.3 Å². The number of rotatable bonds is 7. The Morgan fingerprint density at radius 2 is 1.28 bits per heavy atom. The second-order valence-corrected chi connectivity index (χ2v) is 10.5. The summed E-state index contributed by atoms with van der Waals surface area (Å²) in [4.78, 5) is 0. The van der Waals surface area contributed by atoms with Gasteiger partial charge in [-0.3, -0.25) is 0 Å². The molecule has 32 heavy (non-hydrogen) atoms. The number of benzene rings is 2. The molecule has 0 heterocycles. The first kappa shape index (κ1) is 23.4. The molecule has 0 saturated heterocycles. The maximum Gasteiger partial charge on any atom is 0.194 e. The molecule has 0 aromatic heterocycles. The average Bonchev–Trinajstić information content (AvgIpc) is 2.82. The molecule has 1 atom stereocenters. The fourth-order valence-corrected chi connectivity index (χ4v) is 6.38. The van der Waals surface area contributed by atoms with E-state index in [4.69, 9.17) is 0 Å². The van der Waals surface area contributed by atoms with E-state index in [0.717, 1.165) is 36.3 Å². The fraction of sp³-hybridized carbons (Fsp3) is 0.586. The first-order valence-corrected chi connectivity index (χ1v) is 12.7. The second-order valence-electron chi connectivity index (χ2n) is 10.5. The summed E-state index contributed by atoms with van der Waals surface area (Å²) in [7, 11) is 0. The van der Waals surface area contributed by atoms with Gasteiger partial charge in [0, 0.05) is 0 Å². The van der Waals surface area contributed by atoms with Crippen molar-refractivity contribution in [3.05, 3.63) is 71.0 Å². The molecule has 2 aliphatic rings. The van der Waals surface area contributed by atoms with Gasteiger partial charge in [-0.15, -0.1) is 0 Å². The minimum Gasteiger partial charge on any atom is -0.204 e. The van der Waals surface area contributed by atoms with Crippen LogP contribution in [0.5, 0.6) is 0 Å². The van der Waals surface area contributed by atoms with Crippen LogP contribution in [0.15, 0.2) is 42.5 Å². The molecular weight excluding hydrogens is 405 g/mol. The number of halogens is 3. The van der Waals surface area contributed by atoms with Gasteiger partial charge in [0.15, 0.2) is 17.5 Å². The van der Waals surface area contributed by atoms with Crippen LogP contribution < -0.4 is 0 Å². The van der Waals surface area contributed by atoms with Crippen LogP contribution in [0.4, 0.5) is 13.2 Å². The van der Waals surface area contributed by atoms with Crippen molar-refractivity contribution in [3.63, 3.8) is 0 Å². The summed E-state index contributed by atoms with van der Waals surface area (Å²) in [5.74, 6) is 0.392. The van der Waals surface area contributed by atoms with Crippen LogP contribution in [-0.4, -0.2) is 0 Å². The van der Waals surface area contributed by atoms with E-state index in [1.54, 1.807) is 0 Å². The van der Waals surface area contributed by atoms with Gasteiger partial charge >= 0.3 is 0 Å². The summed E-state index contributed by atoms with van der Waals surface area (Å²) < 4.78 is 40.0. The summed E-state index contributed by atoms with van der Waals surface area (Å²) in [6.45, 7) is 2.37. The van der Waals surface area contributed by atoms with Gasteiger partial charge in [0.25, 0.3) is 0 Å². The van der Waals surface area contributed by atoms with E-state index in [1.807, 2.05) is 0 Å². The third-order valence-electron chi connectivity index (χ3n) is 8.39. The minimum absolute atomic E-state index is 0.576. The van der Waals surface area contributed by atoms with Gasteiger partial charge in [-0.05, 0) is 97.8 Å². The van der Waals surface area contributed by atoms with E-state index in [1.165, 1.54) is 63.4 Å². The van der Waals surface area contributed by atoms with Crippen molar-refractivity contribution in [2.45, 2.75) is 83.5 Å². The zero-order valence-corrected chi connectivity index (χ0v) is 19.3. The topological polar surface area (TPSA) is 0 Å². The van der Waals surface area contributed by atoms with E-state index in [0.29, 0.717) is 23.8 Å². The summed E-state index contributed by atoms with van der Waals surface area (Å²) in [5.41, 5.74) is 2.05. The Morgan fingerprint density at radius 1 is 0.750 bits per heavy atom. The molecule has 0 nitrogen and oxygen atoms in total. The molecule has 3 heteroatoms. The third-order valence-corrected chi connectivity index (χ3v) is 8.39. The Morgan fingerprint density at radius 3 is 1.84 bits per heavy atom. The average molecular weight is 443 g/mol. The summed E-state index contributed by atoms with van der Waals surface area (Å²) >= 11 is 0. The molecule has 0 amide bonds.